The number of amides is 1. The SMILES string of the molecule is O=C(CCCc1cccs1)N1CCC(c2ccccc2)CC1. The molecule has 3 rings (SSSR count). The van der Waals surface area contributed by atoms with E-state index in [2.05, 4.69) is 52.7 Å². The summed E-state index contributed by atoms with van der Waals surface area (Å²) in [6, 6.07) is 14.9. The summed E-state index contributed by atoms with van der Waals surface area (Å²) in [7, 11) is 0. The van der Waals surface area contributed by atoms with Gasteiger partial charge in [-0.1, -0.05) is 36.4 Å². The number of hydrogen-bond donors (Lipinski definition) is 0. The van der Waals surface area contributed by atoms with Crippen LogP contribution in [-0.2, 0) is 11.2 Å². The summed E-state index contributed by atoms with van der Waals surface area (Å²) in [5.74, 6) is 0.958. The van der Waals surface area contributed by atoms with Gasteiger partial charge >= 0.3 is 0 Å². The van der Waals surface area contributed by atoms with Crippen LogP contribution < -0.4 is 0 Å². The molecule has 0 N–H and O–H groups in total. The molecule has 116 valence electrons. The van der Waals surface area contributed by atoms with E-state index in [1.54, 1.807) is 11.3 Å². The molecule has 2 nitrogen and oxygen atoms in total. The van der Waals surface area contributed by atoms with E-state index in [0.29, 0.717) is 18.2 Å². The van der Waals surface area contributed by atoms with E-state index in [4.69, 9.17) is 0 Å². The molecule has 1 aromatic heterocycles. The molecule has 0 unspecified atom stereocenters. The predicted molar refractivity (Wildman–Crippen MR) is 92.3 cm³/mol. The van der Waals surface area contributed by atoms with Gasteiger partial charge in [0.2, 0.25) is 5.91 Å². The molecule has 0 bridgehead atoms. The Morgan fingerprint density at radius 2 is 1.86 bits per heavy atom. The van der Waals surface area contributed by atoms with Gasteiger partial charge in [-0.15, -0.1) is 11.3 Å². The molecule has 2 heterocycles. The van der Waals surface area contributed by atoms with E-state index in [-0.39, 0.29) is 0 Å². The van der Waals surface area contributed by atoms with Crippen LogP contribution in [0.4, 0.5) is 0 Å². The Hall–Kier alpha value is -1.61. The third-order valence-corrected chi connectivity index (χ3v) is 5.45. The Morgan fingerprint density at radius 1 is 1.09 bits per heavy atom. The summed E-state index contributed by atoms with van der Waals surface area (Å²) < 4.78 is 0. The van der Waals surface area contributed by atoms with Crippen molar-refractivity contribution in [1.82, 2.24) is 4.90 Å². The molecule has 0 atom stereocenters. The van der Waals surface area contributed by atoms with Gasteiger partial charge in [-0.3, -0.25) is 4.79 Å². The molecule has 1 aliphatic heterocycles. The zero-order valence-corrected chi connectivity index (χ0v) is 13.7. The third kappa shape index (κ3) is 3.98. The number of aryl methyl sites for hydroxylation is 1. The highest BCUT2D eigenvalue weighted by Crippen LogP contribution is 2.28. The van der Waals surface area contributed by atoms with Gasteiger partial charge in [-0.2, -0.15) is 0 Å². The first-order valence-corrected chi connectivity index (χ1v) is 9.06. The summed E-state index contributed by atoms with van der Waals surface area (Å²) in [6.45, 7) is 1.83. The summed E-state index contributed by atoms with van der Waals surface area (Å²) in [5, 5.41) is 2.10. The van der Waals surface area contributed by atoms with E-state index >= 15 is 0 Å². The maximum absolute atomic E-state index is 12.3. The minimum absolute atomic E-state index is 0.336. The van der Waals surface area contributed by atoms with Crippen LogP contribution in [0.15, 0.2) is 47.8 Å². The van der Waals surface area contributed by atoms with Crippen LogP contribution in [-0.4, -0.2) is 23.9 Å². The molecule has 1 amide bonds. The zero-order valence-electron chi connectivity index (χ0n) is 12.9. The van der Waals surface area contributed by atoms with Crippen LogP contribution in [0, 0.1) is 0 Å². The van der Waals surface area contributed by atoms with Crippen molar-refractivity contribution >= 4 is 17.2 Å². The highest BCUT2D eigenvalue weighted by Gasteiger charge is 2.23. The number of benzene rings is 1. The lowest BCUT2D eigenvalue weighted by atomic mass is 9.89. The maximum Gasteiger partial charge on any atom is 0.222 e. The van der Waals surface area contributed by atoms with Crippen LogP contribution in [0.25, 0.3) is 0 Å². The minimum atomic E-state index is 0.336. The van der Waals surface area contributed by atoms with Crippen molar-refractivity contribution in [3.63, 3.8) is 0 Å². The lowest BCUT2D eigenvalue weighted by molar-refractivity contribution is -0.132. The number of rotatable bonds is 5. The molecule has 0 spiro atoms. The Kier molecular flexibility index (Phi) is 5.28. The molecule has 3 heteroatoms. The third-order valence-electron chi connectivity index (χ3n) is 4.51. The molecule has 0 aliphatic carbocycles. The van der Waals surface area contributed by atoms with Crippen molar-refractivity contribution in [3.8, 4) is 0 Å². The van der Waals surface area contributed by atoms with Crippen molar-refractivity contribution < 1.29 is 4.79 Å². The standard InChI is InChI=1S/C19H23NOS/c21-19(10-4-8-18-9-5-15-22-18)20-13-11-17(12-14-20)16-6-2-1-3-7-16/h1-3,5-7,9,15,17H,4,8,10-14H2. The molecular formula is C19H23NOS. The fourth-order valence-corrected chi connectivity index (χ4v) is 3.97. The fraction of sp³-hybridized carbons (Fsp3) is 0.421. The number of carbonyl (C=O) groups excluding carboxylic acids is 1. The quantitative estimate of drug-likeness (QED) is 0.797. The van der Waals surface area contributed by atoms with E-state index in [0.717, 1.165) is 38.8 Å². The molecule has 0 saturated carbocycles. The van der Waals surface area contributed by atoms with Gasteiger partial charge in [0.1, 0.15) is 0 Å². The number of carbonyl (C=O) groups is 1. The van der Waals surface area contributed by atoms with Gasteiger partial charge in [0.15, 0.2) is 0 Å². The van der Waals surface area contributed by atoms with Crippen LogP contribution >= 0.6 is 11.3 Å². The smallest absolute Gasteiger partial charge is 0.222 e. The normalized spacial score (nSPS) is 15.9. The summed E-state index contributed by atoms with van der Waals surface area (Å²) in [5.41, 5.74) is 1.42. The number of hydrogen-bond acceptors (Lipinski definition) is 2. The number of piperidine rings is 1. The Balaban J connectivity index is 1.42. The summed E-state index contributed by atoms with van der Waals surface area (Å²) in [6.07, 6.45) is 4.89. The zero-order chi connectivity index (χ0) is 15.2. The first-order valence-electron chi connectivity index (χ1n) is 8.18. The highest BCUT2D eigenvalue weighted by molar-refractivity contribution is 7.09. The second-order valence-corrected chi connectivity index (χ2v) is 7.03. The average Bonchev–Trinajstić information content (AvgIpc) is 3.09. The second-order valence-electron chi connectivity index (χ2n) is 6.00. The van der Waals surface area contributed by atoms with E-state index in [9.17, 15) is 4.79 Å². The topological polar surface area (TPSA) is 20.3 Å². The van der Waals surface area contributed by atoms with E-state index in [1.165, 1.54) is 10.4 Å². The monoisotopic (exact) mass is 313 g/mol. The number of thiophene rings is 1. The Bertz CT molecular complexity index is 571. The van der Waals surface area contributed by atoms with Crippen LogP contribution in [0.5, 0.6) is 0 Å². The van der Waals surface area contributed by atoms with Gasteiger partial charge in [-0.05, 0) is 48.6 Å². The first kappa shape index (κ1) is 15.3. The van der Waals surface area contributed by atoms with Crippen molar-refractivity contribution in [2.24, 2.45) is 0 Å². The highest BCUT2D eigenvalue weighted by atomic mass is 32.1. The fourth-order valence-electron chi connectivity index (χ4n) is 3.21. The maximum atomic E-state index is 12.3. The molecule has 0 radical (unpaired) electrons. The van der Waals surface area contributed by atoms with Crippen molar-refractivity contribution in [2.75, 3.05) is 13.1 Å². The average molecular weight is 313 g/mol. The summed E-state index contributed by atoms with van der Waals surface area (Å²) in [4.78, 5) is 15.7. The van der Waals surface area contributed by atoms with Gasteiger partial charge in [0.25, 0.3) is 0 Å². The second kappa shape index (κ2) is 7.59. The Morgan fingerprint density at radius 3 is 2.55 bits per heavy atom. The van der Waals surface area contributed by atoms with E-state index in [1.807, 2.05) is 0 Å². The van der Waals surface area contributed by atoms with Crippen LogP contribution in [0.2, 0.25) is 0 Å². The molecule has 1 aromatic carbocycles. The van der Waals surface area contributed by atoms with Crippen LogP contribution in [0.1, 0.15) is 42.0 Å². The van der Waals surface area contributed by atoms with Gasteiger partial charge in [0.05, 0.1) is 0 Å². The van der Waals surface area contributed by atoms with Crippen molar-refractivity contribution in [2.45, 2.75) is 38.0 Å². The molecular weight excluding hydrogens is 290 g/mol. The van der Waals surface area contributed by atoms with Gasteiger partial charge in [-0.25, -0.2) is 0 Å². The molecule has 1 saturated heterocycles. The first-order chi connectivity index (χ1) is 10.8. The van der Waals surface area contributed by atoms with Gasteiger partial charge < -0.3 is 4.90 Å². The largest absolute Gasteiger partial charge is 0.343 e. The number of nitrogens with zero attached hydrogens (tertiary/aromatic N) is 1. The lowest BCUT2D eigenvalue weighted by Crippen LogP contribution is -2.37. The lowest BCUT2D eigenvalue weighted by Gasteiger charge is -2.32. The van der Waals surface area contributed by atoms with Crippen molar-refractivity contribution in [3.05, 3.63) is 58.3 Å². The summed E-state index contributed by atoms with van der Waals surface area (Å²) >= 11 is 1.78. The number of likely N-dealkylation sites (tertiary alicyclic amines) is 1. The molecule has 22 heavy (non-hydrogen) atoms. The van der Waals surface area contributed by atoms with Gasteiger partial charge in [0, 0.05) is 24.4 Å². The molecule has 2 aromatic rings. The minimum Gasteiger partial charge on any atom is -0.343 e. The van der Waals surface area contributed by atoms with E-state index < -0.39 is 0 Å². The Labute approximate surface area is 136 Å². The molecule has 1 fully saturated rings. The predicted octanol–water partition coefficient (Wildman–Crippen LogP) is 4.48. The molecule has 1 aliphatic rings. The van der Waals surface area contributed by atoms with Crippen LogP contribution in [0.3, 0.4) is 0 Å². The van der Waals surface area contributed by atoms with Crippen molar-refractivity contribution in [1.29, 1.82) is 0 Å².